The first kappa shape index (κ1) is 30.8. The van der Waals surface area contributed by atoms with Crippen molar-refractivity contribution < 1.29 is 33.3 Å². The zero-order valence-electron chi connectivity index (χ0n) is 23.8. The third-order valence-corrected chi connectivity index (χ3v) is 7.38. The molecule has 44 heavy (non-hydrogen) atoms. The van der Waals surface area contributed by atoms with Crippen molar-refractivity contribution in [3.63, 3.8) is 0 Å². The van der Waals surface area contributed by atoms with Crippen LogP contribution in [0.25, 0.3) is 0 Å². The Morgan fingerprint density at radius 1 is 1.09 bits per heavy atom. The van der Waals surface area contributed by atoms with Crippen LogP contribution in [-0.4, -0.2) is 43.2 Å². The van der Waals surface area contributed by atoms with E-state index in [1.165, 1.54) is 6.21 Å². The first-order valence-corrected chi connectivity index (χ1v) is 14.8. The van der Waals surface area contributed by atoms with Crippen LogP contribution in [0.15, 0.2) is 81.5 Å². The number of rotatable bonds is 11. The lowest BCUT2D eigenvalue weighted by molar-refractivity contribution is -0.139. The van der Waals surface area contributed by atoms with E-state index < -0.39 is 17.9 Å². The van der Waals surface area contributed by atoms with Crippen molar-refractivity contribution in [3.05, 3.63) is 93.1 Å². The summed E-state index contributed by atoms with van der Waals surface area (Å²) in [4.78, 5) is 25.3. The lowest BCUT2D eigenvalue weighted by atomic mass is 9.95. The van der Waals surface area contributed by atoms with Crippen LogP contribution in [0.5, 0.6) is 23.0 Å². The van der Waals surface area contributed by atoms with E-state index in [4.69, 9.17) is 35.9 Å². The average Bonchev–Trinajstić information content (AvgIpc) is 3.47. The zero-order chi connectivity index (χ0) is 31.1. The molecular weight excluding hydrogens is 652 g/mol. The van der Waals surface area contributed by atoms with Crippen LogP contribution >= 0.6 is 28.1 Å². The molecule has 0 bridgehead atoms. The third-order valence-electron chi connectivity index (χ3n) is 6.54. The van der Waals surface area contributed by atoms with Gasteiger partial charge in [0.05, 0.1) is 28.9 Å². The molecule has 13 heteroatoms. The minimum absolute atomic E-state index is 0.221. The first-order valence-electron chi connectivity index (χ1n) is 13.6. The number of hydrogen-bond donors (Lipinski definition) is 3. The summed E-state index contributed by atoms with van der Waals surface area (Å²) in [6.45, 7) is 3.98. The van der Waals surface area contributed by atoms with Gasteiger partial charge in [0.2, 0.25) is 6.79 Å². The van der Waals surface area contributed by atoms with Crippen molar-refractivity contribution >= 4 is 51.4 Å². The third kappa shape index (κ3) is 7.47. The van der Waals surface area contributed by atoms with E-state index in [1.807, 2.05) is 42.5 Å². The Bertz CT molecular complexity index is 1640. The fourth-order valence-electron chi connectivity index (χ4n) is 4.52. The van der Waals surface area contributed by atoms with E-state index in [2.05, 4.69) is 37.1 Å². The Kier molecular flexibility index (Phi) is 9.97. The molecule has 2 heterocycles. The molecule has 2 aliphatic heterocycles. The number of fused-ring (bicyclic) bond motifs is 1. The maximum absolute atomic E-state index is 12.7. The molecule has 0 saturated carbocycles. The number of nitrogens with zero attached hydrogens (tertiary/aromatic N) is 1. The summed E-state index contributed by atoms with van der Waals surface area (Å²) in [5.74, 6) is 1.53. The first-order chi connectivity index (χ1) is 21.3. The second-order valence-corrected chi connectivity index (χ2v) is 10.8. The molecule has 11 nitrogen and oxygen atoms in total. The molecule has 2 aliphatic rings. The van der Waals surface area contributed by atoms with Crippen molar-refractivity contribution in [2.24, 2.45) is 5.10 Å². The molecule has 0 aliphatic carbocycles. The van der Waals surface area contributed by atoms with Gasteiger partial charge in [0, 0.05) is 11.3 Å². The van der Waals surface area contributed by atoms with Gasteiger partial charge in [0.25, 0.3) is 5.91 Å². The predicted octanol–water partition coefficient (Wildman–Crippen LogP) is 4.64. The number of carbonyl (C=O) groups excluding carboxylic acids is 2. The highest BCUT2D eigenvalue weighted by Crippen LogP contribution is 2.35. The highest BCUT2D eigenvalue weighted by atomic mass is 79.9. The minimum Gasteiger partial charge on any atom is -0.488 e. The predicted molar refractivity (Wildman–Crippen MR) is 170 cm³/mol. The summed E-state index contributed by atoms with van der Waals surface area (Å²) in [7, 11) is 0. The normalized spacial score (nSPS) is 15.4. The van der Waals surface area contributed by atoms with E-state index in [0.29, 0.717) is 45.8 Å². The molecular formula is C31H29BrN4O7S. The Balaban J connectivity index is 1.16. The Hall–Kier alpha value is -4.62. The van der Waals surface area contributed by atoms with Gasteiger partial charge < -0.3 is 34.3 Å². The lowest BCUT2D eigenvalue weighted by Gasteiger charge is -2.30. The van der Waals surface area contributed by atoms with Crippen LogP contribution in [0.4, 0.5) is 0 Å². The second-order valence-electron chi connectivity index (χ2n) is 9.58. The highest BCUT2D eigenvalue weighted by molar-refractivity contribution is 9.10. The summed E-state index contributed by atoms with van der Waals surface area (Å²) < 4.78 is 28.5. The molecule has 3 aromatic carbocycles. The van der Waals surface area contributed by atoms with Gasteiger partial charge >= 0.3 is 5.97 Å². The monoisotopic (exact) mass is 680 g/mol. The number of para-hydroxylation sites is 1. The van der Waals surface area contributed by atoms with Crippen LogP contribution in [0.3, 0.4) is 0 Å². The number of carbonyl (C=O) groups is 2. The van der Waals surface area contributed by atoms with Crippen LogP contribution in [0.1, 0.15) is 36.6 Å². The number of allylic oxidation sites excluding steroid dienone is 1. The molecule has 3 N–H and O–H groups in total. The molecule has 5 rings (SSSR count). The summed E-state index contributed by atoms with van der Waals surface area (Å²) in [5.41, 5.74) is 5.73. The van der Waals surface area contributed by atoms with Crippen LogP contribution in [-0.2, 0) is 20.9 Å². The quantitative estimate of drug-likeness (QED) is 0.114. The van der Waals surface area contributed by atoms with Crippen LogP contribution in [0, 0.1) is 0 Å². The zero-order valence-corrected chi connectivity index (χ0v) is 26.3. The number of thiocarbonyl (C=S) groups is 1. The van der Waals surface area contributed by atoms with Crippen molar-refractivity contribution in [2.45, 2.75) is 26.5 Å². The smallest absolute Gasteiger partial charge is 0.338 e. The Morgan fingerprint density at radius 2 is 1.91 bits per heavy atom. The number of hydrazone groups is 1. The number of halogens is 1. The molecule has 1 amide bonds. The van der Waals surface area contributed by atoms with Crippen molar-refractivity contribution in [3.8, 4) is 23.0 Å². The van der Waals surface area contributed by atoms with Crippen molar-refractivity contribution in [1.29, 1.82) is 0 Å². The van der Waals surface area contributed by atoms with E-state index in [1.54, 1.807) is 32.0 Å². The Morgan fingerprint density at radius 3 is 2.73 bits per heavy atom. The van der Waals surface area contributed by atoms with Gasteiger partial charge in [-0.25, -0.2) is 10.2 Å². The summed E-state index contributed by atoms with van der Waals surface area (Å²) in [5, 5.41) is 10.5. The van der Waals surface area contributed by atoms with E-state index in [0.717, 1.165) is 21.3 Å². The standard InChI is InChI=1S/C31H29BrN4O7S/c1-3-39-30(38)28-18(2)34-31(44)35-29(28)21-6-4-5-7-23(21)41-16-27(37)36-33-14-19-8-10-24(22(32)12-19)40-15-20-9-11-25-26(13-20)43-17-42-25/h4-14,29H,3,15-17H2,1-2H3,(H,36,37)(H2,34,35,44)/t29-/m1/s1. The number of ether oxygens (including phenoxy) is 5. The van der Waals surface area contributed by atoms with Crippen LogP contribution in [0.2, 0.25) is 0 Å². The van der Waals surface area contributed by atoms with E-state index >= 15 is 0 Å². The van der Waals surface area contributed by atoms with Gasteiger partial charge in [0.1, 0.15) is 18.1 Å². The van der Waals surface area contributed by atoms with Gasteiger partial charge in [0.15, 0.2) is 23.2 Å². The number of nitrogens with one attached hydrogen (secondary N) is 3. The fourth-order valence-corrected chi connectivity index (χ4v) is 5.30. The van der Waals surface area contributed by atoms with Gasteiger partial charge in [-0.05, 0) is 89.5 Å². The molecule has 0 unspecified atom stereocenters. The number of esters is 1. The van der Waals surface area contributed by atoms with Gasteiger partial charge in [-0.2, -0.15) is 5.10 Å². The van der Waals surface area contributed by atoms with Crippen molar-refractivity contribution in [2.75, 3.05) is 20.0 Å². The lowest BCUT2D eigenvalue weighted by Crippen LogP contribution is -2.45. The molecule has 3 aromatic rings. The number of amides is 1. The van der Waals surface area contributed by atoms with Gasteiger partial charge in [-0.15, -0.1) is 0 Å². The molecule has 0 saturated heterocycles. The summed E-state index contributed by atoms with van der Waals surface area (Å²) >= 11 is 8.84. The summed E-state index contributed by atoms with van der Waals surface area (Å²) in [6, 6.07) is 17.6. The maximum atomic E-state index is 12.7. The molecule has 0 spiro atoms. The highest BCUT2D eigenvalue weighted by Gasteiger charge is 2.32. The Labute approximate surface area is 267 Å². The SMILES string of the molecule is CCOC(=O)C1=C(C)NC(=S)N[C@@H]1c1ccccc1OCC(=O)NN=Cc1ccc(OCc2ccc3c(c2)OCO3)c(Br)c1. The molecule has 0 aromatic heterocycles. The maximum Gasteiger partial charge on any atom is 0.338 e. The minimum atomic E-state index is -0.623. The van der Waals surface area contributed by atoms with E-state index in [9.17, 15) is 9.59 Å². The average molecular weight is 682 g/mol. The second kappa shape index (κ2) is 14.2. The van der Waals surface area contributed by atoms with Crippen LogP contribution < -0.4 is 35.0 Å². The fraction of sp³-hybridized carbons (Fsp3) is 0.226. The number of hydrogen-bond acceptors (Lipinski definition) is 9. The molecule has 0 radical (unpaired) electrons. The van der Waals surface area contributed by atoms with Gasteiger partial charge in [-0.1, -0.05) is 24.3 Å². The summed E-state index contributed by atoms with van der Waals surface area (Å²) in [6.07, 6.45) is 1.51. The number of benzene rings is 3. The molecule has 0 fully saturated rings. The van der Waals surface area contributed by atoms with E-state index in [-0.39, 0.29) is 20.0 Å². The molecule has 228 valence electrons. The molecule has 1 atom stereocenters. The topological polar surface area (TPSA) is 129 Å². The van der Waals surface area contributed by atoms with Crippen molar-refractivity contribution in [1.82, 2.24) is 16.1 Å². The van der Waals surface area contributed by atoms with Gasteiger partial charge in [-0.3, -0.25) is 4.79 Å². The largest absolute Gasteiger partial charge is 0.488 e.